The quantitative estimate of drug-likeness (QED) is 0.623. The number of urea groups is 1. The molecule has 4 heterocycles. The fourth-order valence-electron chi connectivity index (χ4n) is 6.82. The van der Waals surface area contributed by atoms with E-state index in [9.17, 15) is 18.4 Å². The molecule has 2 saturated carbocycles. The van der Waals surface area contributed by atoms with Crippen molar-refractivity contribution in [3.05, 3.63) is 41.5 Å². The molecule has 9 nitrogen and oxygen atoms in total. The molecule has 5 fully saturated rings. The Labute approximate surface area is 219 Å². The second kappa shape index (κ2) is 8.38. The van der Waals surface area contributed by atoms with Gasteiger partial charge in [0.15, 0.2) is 5.82 Å². The Kier molecular flexibility index (Phi) is 5.26. The number of aromatic nitrogens is 3. The Hall–Kier alpha value is -3.24. The van der Waals surface area contributed by atoms with Gasteiger partial charge in [-0.05, 0) is 43.4 Å². The molecule has 2 aliphatic carbocycles. The smallest absolute Gasteiger partial charge is 0.320 e. The topological polar surface area (TPSA) is 111 Å². The fourth-order valence-corrected chi connectivity index (χ4v) is 6.82. The maximum absolute atomic E-state index is 13.8. The highest BCUT2D eigenvalue weighted by molar-refractivity contribution is 5.84. The largest absolute Gasteiger partial charge is 0.368 e. The van der Waals surface area contributed by atoms with Crippen molar-refractivity contribution in [2.45, 2.75) is 68.2 Å². The van der Waals surface area contributed by atoms with Gasteiger partial charge in [-0.25, -0.2) is 18.6 Å². The summed E-state index contributed by atoms with van der Waals surface area (Å²) in [6.45, 7) is 3.06. The summed E-state index contributed by atoms with van der Waals surface area (Å²) in [5, 5.41) is 7.54. The minimum atomic E-state index is -2.87. The van der Waals surface area contributed by atoms with Gasteiger partial charge in [-0.15, -0.1) is 0 Å². The molecule has 1 spiro atoms. The molecule has 5 aliphatic rings. The van der Waals surface area contributed by atoms with E-state index in [0.717, 1.165) is 48.8 Å². The third-order valence-electron chi connectivity index (χ3n) is 9.29. The van der Waals surface area contributed by atoms with Crippen molar-refractivity contribution in [3.8, 4) is 0 Å². The summed E-state index contributed by atoms with van der Waals surface area (Å²) in [5.41, 5.74) is 7.49. The second-order valence-electron chi connectivity index (χ2n) is 12.2. The predicted octanol–water partition coefficient (Wildman–Crippen LogP) is 3.17. The number of hydrogen-bond acceptors (Lipinski definition) is 5. The Morgan fingerprint density at radius 2 is 1.68 bits per heavy atom. The number of nitrogens with zero attached hydrogens (tertiary/aromatic N) is 5. The van der Waals surface area contributed by atoms with Gasteiger partial charge in [0.05, 0.1) is 0 Å². The van der Waals surface area contributed by atoms with Crippen LogP contribution in [0.2, 0.25) is 0 Å². The number of carbonyl (C=O) groups excluding carboxylic acids is 2. The lowest BCUT2D eigenvalue weighted by atomic mass is 9.57. The number of halogens is 2. The van der Waals surface area contributed by atoms with Crippen molar-refractivity contribution >= 4 is 17.6 Å². The minimum Gasteiger partial charge on any atom is -0.368 e. The van der Waals surface area contributed by atoms with Crippen LogP contribution in [-0.4, -0.2) is 81.6 Å². The summed E-state index contributed by atoms with van der Waals surface area (Å²) < 4.78 is 27.6. The summed E-state index contributed by atoms with van der Waals surface area (Å²) in [4.78, 5) is 35.0. The van der Waals surface area contributed by atoms with Gasteiger partial charge in [-0.1, -0.05) is 12.1 Å². The molecule has 3 N–H and O–H groups in total. The van der Waals surface area contributed by atoms with E-state index in [0.29, 0.717) is 24.9 Å². The van der Waals surface area contributed by atoms with Crippen LogP contribution in [0.15, 0.2) is 24.3 Å². The zero-order valence-corrected chi connectivity index (χ0v) is 21.3. The summed E-state index contributed by atoms with van der Waals surface area (Å²) in [6, 6.07) is 6.78. The Bertz CT molecular complexity index is 1240. The van der Waals surface area contributed by atoms with Crippen LogP contribution in [0.3, 0.4) is 0 Å². The van der Waals surface area contributed by atoms with Crippen molar-refractivity contribution in [1.29, 1.82) is 0 Å². The van der Waals surface area contributed by atoms with Crippen LogP contribution in [0.25, 0.3) is 0 Å². The van der Waals surface area contributed by atoms with Crippen molar-refractivity contribution in [2.75, 3.05) is 37.6 Å². The highest BCUT2D eigenvalue weighted by Gasteiger charge is 2.56. The number of aromatic amines is 1. The molecule has 1 aromatic carbocycles. The van der Waals surface area contributed by atoms with Gasteiger partial charge in [0.25, 0.3) is 5.92 Å². The summed E-state index contributed by atoms with van der Waals surface area (Å²) in [5.74, 6) is -0.369. The van der Waals surface area contributed by atoms with Crippen LogP contribution < -0.4 is 10.6 Å². The van der Waals surface area contributed by atoms with E-state index >= 15 is 0 Å². The maximum Gasteiger partial charge on any atom is 0.320 e. The molecule has 1 aromatic heterocycles. The first-order chi connectivity index (χ1) is 18.2. The Balaban J connectivity index is 0.888. The molecule has 0 bridgehead atoms. The average molecular weight is 526 g/mol. The number of primary amides is 1. The number of anilines is 1. The lowest BCUT2D eigenvalue weighted by Gasteiger charge is -2.59. The van der Waals surface area contributed by atoms with Crippen LogP contribution in [0.5, 0.6) is 0 Å². The number of carbonyl (C=O) groups is 2. The Morgan fingerprint density at radius 1 is 0.974 bits per heavy atom. The first-order valence-corrected chi connectivity index (χ1v) is 13.7. The molecule has 38 heavy (non-hydrogen) atoms. The number of nitrogens with two attached hydrogens (primary N) is 1. The van der Waals surface area contributed by atoms with Crippen LogP contribution in [0.4, 0.5) is 19.3 Å². The standard InChI is InChI=1S/C27H33F2N7O2/c28-27(29)7-8-36(21(11-27)22(30)37)20-5-3-16(4-6-20)19-12-34(13-19)25(38)35-14-26(15-35)9-18(10-26)24-31-23(32-33-24)17-1-2-17/h3-6,17-19,21H,1-2,7-15H2,(H2,30,37)(H,31,32,33)/t21-/m0/s1. The minimum absolute atomic E-state index is 0.0868. The molecule has 3 saturated heterocycles. The van der Waals surface area contributed by atoms with Crippen LogP contribution >= 0.6 is 0 Å². The molecule has 0 unspecified atom stereocenters. The van der Waals surface area contributed by atoms with E-state index in [1.54, 1.807) is 4.90 Å². The lowest BCUT2D eigenvalue weighted by Crippen LogP contribution is -2.67. The number of rotatable bonds is 5. The van der Waals surface area contributed by atoms with Crippen molar-refractivity contribution in [2.24, 2.45) is 11.1 Å². The van der Waals surface area contributed by atoms with Crippen LogP contribution in [0, 0.1) is 5.41 Å². The third-order valence-corrected chi connectivity index (χ3v) is 9.29. The zero-order valence-electron chi connectivity index (χ0n) is 21.3. The second-order valence-corrected chi connectivity index (χ2v) is 12.2. The fraction of sp³-hybridized carbons (Fsp3) is 0.630. The van der Waals surface area contributed by atoms with E-state index in [1.165, 1.54) is 12.8 Å². The van der Waals surface area contributed by atoms with Crippen molar-refractivity contribution in [1.82, 2.24) is 25.0 Å². The van der Waals surface area contributed by atoms with Crippen molar-refractivity contribution in [3.63, 3.8) is 0 Å². The molecule has 0 radical (unpaired) electrons. The van der Waals surface area contributed by atoms with Gasteiger partial charge in [0.2, 0.25) is 5.91 Å². The normalized spacial score (nSPS) is 26.6. The molecule has 3 aliphatic heterocycles. The van der Waals surface area contributed by atoms with E-state index in [-0.39, 0.29) is 30.3 Å². The number of amides is 3. The van der Waals surface area contributed by atoms with Gasteiger partial charge in [0.1, 0.15) is 11.9 Å². The summed E-state index contributed by atoms with van der Waals surface area (Å²) >= 11 is 0. The van der Waals surface area contributed by atoms with E-state index in [4.69, 9.17) is 10.7 Å². The highest BCUT2D eigenvalue weighted by Crippen LogP contribution is 2.56. The maximum atomic E-state index is 13.8. The molecule has 1 atom stereocenters. The van der Waals surface area contributed by atoms with E-state index < -0.39 is 24.3 Å². The first-order valence-electron chi connectivity index (χ1n) is 13.7. The van der Waals surface area contributed by atoms with Gasteiger partial charge in [-0.2, -0.15) is 5.10 Å². The summed E-state index contributed by atoms with van der Waals surface area (Å²) in [7, 11) is 0. The molecule has 3 amide bonds. The molecular weight excluding hydrogens is 492 g/mol. The number of piperidine rings is 1. The number of alkyl halides is 2. The Morgan fingerprint density at radius 3 is 2.34 bits per heavy atom. The zero-order chi connectivity index (χ0) is 26.2. The average Bonchev–Trinajstić information content (AvgIpc) is 3.54. The number of H-pyrrole nitrogens is 1. The SMILES string of the molecule is NC(=O)[C@@H]1CC(F)(F)CCN1c1ccc(C2CN(C(=O)N3CC4(CC(c5n[nH]c(C6CC6)n5)C4)C3)C2)cc1. The monoisotopic (exact) mass is 525 g/mol. The van der Waals surface area contributed by atoms with Gasteiger partial charge >= 0.3 is 6.03 Å². The van der Waals surface area contributed by atoms with Crippen molar-refractivity contribution < 1.29 is 18.4 Å². The molecular formula is C27H33F2N7O2. The summed E-state index contributed by atoms with van der Waals surface area (Å²) in [6.07, 6.45) is 3.69. The number of benzene rings is 1. The number of likely N-dealkylation sites (tertiary alicyclic amines) is 2. The van der Waals surface area contributed by atoms with Crippen LogP contribution in [0.1, 0.15) is 73.5 Å². The first kappa shape index (κ1) is 23.8. The number of hydrogen-bond donors (Lipinski definition) is 2. The lowest BCUT2D eigenvalue weighted by molar-refractivity contribution is -0.123. The van der Waals surface area contributed by atoms with Crippen LogP contribution in [-0.2, 0) is 4.79 Å². The molecule has 2 aromatic rings. The number of nitrogens with one attached hydrogen (secondary N) is 1. The molecule has 7 rings (SSSR count). The van der Waals surface area contributed by atoms with E-state index in [2.05, 4.69) is 10.2 Å². The molecule has 202 valence electrons. The van der Waals surface area contributed by atoms with Gasteiger partial charge in [-0.3, -0.25) is 9.89 Å². The molecule has 11 heteroatoms. The van der Waals surface area contributed by atoms with Gasteiger partial charge in [0, 0.05) is 74.4 Å². The highest BCUT2D eigenvalue weighted by atomic mass is 19.3. The predicted molar refractivity (Wildman–Crippen MR) is 135 cm³/mol. The van der Waals surface area contributed by atoms with E-state index in [1.807, 2.05) is 34.1 Å². The third kappa shape index (κ3) is 4.10. The van der Waals surface area contributed by atoms with Gasteiger partial charge < -0.3 is 20.4 Å².